The molecule has 1 amide bonds. The van der Waals surface area contributed by atoms with Gasteiger partial charge < -0.3 is 15.0 Å². The first-order chi connectivity index (χ1) is 17.2. The van der Waals surface area contributed by atoms with Crippen LogP contribution in [-0.2, 0) is 4.79 Å². The number of carbonyl (C=O) groups is 1. The van der Waals surface area contributed by atoms with Crippen LogP contribution in [0.3, 0.4) is 0 Å². The minimum absolute atomic E-state index is 0.107. The fraction of sp³-hybridized carbons (Fsp3) is 0.458. The van der Waals surface area contributed by atoms with E-state index < -0.39 is 6.36 Å². The third-order valence-electron chi connectivity index (χ3n) is 5.81. The molecule has 1 aliphatic heterocycles. The van der Waals surface area contributed by atoms with Crippen LogP contribution in [0.25, 0.3) is 5.95 Å². The number of nitrogens with zero attached hydrogens (tertiary/aromatic N) is 6. The van der Waals surface area contributed by atoms with E-state index in [2.05, 4.69) is 35.0 Å². The van der Waals surface area contributed by atoms with Gasteiger partial charge in [-0.05, 0) is 74.8 Å². The zero-order valence-electron chi connectivity index (χ0n) is 20.1. The van der Waals surface area contributed by atoms with E-state index in [4.69, 9.17) is 0 Å². The van der Waals surface area contributed by atoms with Gasteiger partial charge >= 0.3 is 6.36 Å². The maximum Gasteiger partial charge on any atom is 0.573 e. The van der Waals surface area contributed by atoms with Crippen molar-refractivity contribution in [3.63, 3.8) is 0 Å². The van der Waals surface area contributed by atoms with Crippen molar-refractivity contribution in [2.45, 2.75) is 57.9 Å². The van der Waals surface area contributed by atoms with Crippen LogP contribution >= 0.6 is 0 Å². The molecule has 1 saturated heterocycles. The Morgan fingerprint density at radius 1 is 1.11 bits per heavy atom. The van der Waals surface area contributed by atoms with Crippen molar-refractivity contribution < 1.29 is 22.7 Å². The summed E-state index contributed by atoms with van der Waals surface area (Å²) in [5, 5.41) is 7.21. The first-order valence-corrected chi connectivity index (χ1v) is 11.8. The van der Waals surface area contributed by atoms with E-state index in [-0.39, 0.29) is 11.8 Å². The van der Waals surface area contributed by atoms with E-state index in [9.17, 15) is 18.0 Å². The Morgan fingerprint density at radius 2 is 1.81 bits per heavy atom. The van der Waals surface area contributed by atoms with Crippen LogP contribution < -0.4 is 15.0 Å². The predicted octanol–water partition coefficient (Wildman–Crippen LogP) is 4.24. The van der Waals surface area contributed by atoms with Crippen molar-refractivity contribution in [1.82, 2.24) is 30.0 Å². The maximum atomic E-state index is 12.0. The molecule has 36 heavy (non-hydrogen) atoms. The Morgan fingerprint density at radius 3 is 2.42 bits per heavy atom. The topological polar surface area (TPSA) is 98.1 Å². The van der Waals surface area contributed by atoms with Crippen LogP contribution in [0.15, 0.2) is 36.7 Å². The van der Waals surface area contributed by atoms with Crippen molar-refractivity contribution in [3.8, 4) is 11.7 Å². The number of nitrogens with one attached hydrogen (secondary N) is 1. The summed E-state index contributed by atoms with van der Waals surface area (Å²) < 4.78 is 41.5. The van der Waals surface area contributed by atoms with Gasteiger partial charge in [0, 0.05) is 25.5 Å². The second kappa shape index (κ2) is 10.9. The Hall–Kier alpha value is -3.70. The average Bonchev–Trinajstić information content (AvgIpc) is 3.35. The number of aromatic nitrogens is 5. The van der Waals surface area contributed by atoms with Crippen LogP contribution in [0.1, 0.15) is 61.5 Å². The number of anilines is 1. The van der Waals surface area contributed by atoms with Crippen molar-refractivity contribution >= 4 is 12.4 Å². The van der Waals surface area contributed by atoms with Crippen molar-refractivity contribution in [2.24, 2.45) is 0 Å². The third-order valence-corrected chi connectivity index (χ3v) is 5.81. The molecule has 12 heteroatoms. The highest BCUT2D eigenvalue weighted by atomic mass is 19.4. The monoisotopic (exact) mass is 503 g/mol. The Balaban J connectivity index is 0.000000179. The number of hydrogen-bond donors (Lipinski definition) is 1. The lowest BCUT2D eigenvalue weighted by molar-refractivity contribution is -0.274. The van der Waals surface area contributed by atoms with Gasteiger partial charge in [0.2, 0.25) is 12.4 Å². The van der Waals surface area contributed by atoms with E-state index >= 15 is 0 Å². The second-order valence-corrected chi connectivity index (χ2v) is 8.83. The number of aryl methyl sites for hydroxylation is 1. The molecular weight excluding hydrogens is 475 g/mol. The molecule has 1 N–H and O–H groups in total. The molecule has 0 spiro atoms. The van der Waals surface area contributed by atoms with E-state index in [0.29, 0.717) is 30.0 Å². The predicted molar refractivity (Wildman–Crippen MR) is 126 cm³/mol. The smallest absolute Gasteiger partial charge is 0.406 e. The highest BCUT2D eigenvalue weighted by Gasteiger charge is 2.32. The first kappa shape index (κ1) is 25.4. The number of halogens is 3. The quantitative estimate of drug-likeness (QED) is 0.482. The third kappa shape index (κ3) is 6.70. The molecule has 2 fully saturated rings. The van der Waals surface area contributed by atoms with Crippen LogP contribution in [0.2, 0.25) is 0 Å². The van der Waals surface area contributed by atoms with Crippen LogP contribution in [0.4, 0.5) is 19.1 Å². The van der Waals surface area contributed by atoms with Gasteiger partial charge in [0.1, 0.15) is 5.75 Å². The molecule has 1 saturated carbocycles. The number of alkyl halides is 3. The lowest BCUT2D eigenvalue weighted by atomic mass is 10.1. The summed E-state index contributed by atoms with van der Waals surface area (Å²) in [5.41, 5.74) is 1.76. The lowest BCUT2D eigenvalue weighted by Gasteiger charge is -2.11. The number of ether oxygens (including phenoxy) is 1. The van der Waals surface area contributed by atoms with E-state index in [0.717, 1.165) is 49.9 Å². The highest BCUT2D eigenvalue weighted by Crippen LogP contribution is 2.42. The zero-order chi connectivity index (χ0) is 25.7. The zero-order valence-corrected chi connectivity index (χ0v) is 20.1. The average molecular weight is 504 g/mol. The minimum Gasteiger partial charge on any atom is -0.406 e. The summed E-state index contributed by atoms with van der Waals surface area (Å²) in [4.78, 5) is 25.8. The summed E-state index contributed by atoms with van der Waals surface area (Å²) in [5.74, 6) is 2.06. The van der Waals surface area contributed by atoms with Gasteiger partial charge in [-0.3, -0.25) is 4.79 Å². The fourth-order valence-electron chi connectivity index (χ4n) is 3.99. The summed E-state index contributed by atoms with van der Waals surface area (Å²) in [6, 6.07) is 6.28. The molecular formula is C24H28F3N7O2. The SMILES string of the molecule is C[C@H](NC=O)c1nc(N2CCCC2)nn1-c1ncccn1.Cc1cc(OC(F)(F)F)cc(C2CC2)c1. The molecule has 192 valence electrons. The van der Waals surface area contributed by atoms with Gasteiger partial charge in [0.05, 0.1) is 6.04 Å². The second-order valence-electron chi connectivity index (χ2n) is 8.83. The van der Waals surface area contributed by atoms with Crippen molar-refractivity contribution in [1.29, 1.82) is 0 Å². The summed E-state index contributed by atoms with van der Waals surface area (Å²) >= 11 is 0. The Labute approximate surface area is 206 Å². The molecule has 0 unspecified atom stereocenters. The minimum atomic E-state index is -4.60. The highest BCUT2D eigenvalue weighted by molar-refractivity contribution is 5.47. The molecule has 1 aliphatic carbocycles. The summed E-state index contributed by atoms with van der Waals surface area (Å²) in [6.07, 6.45) is 3.79. The van der Waals surface area contributed by atoms with Gasteiger partial charge in [0.25, 0.3) is 5.95 Å². The van der Waals surface area contributed by atoms with E-state index in [1.165, 1.54) is 12.1 Å². The number of carbonyl (C=O) groups excluding carboxylic acids is 1. The van der Waals surface area contributed by atoms with Gasteiger partial charge in [-0.1, -0.05) is 6.07 Å². The molecule has 5 rings (SSSR count). The molecule has 2 aliphatic rings. The maximum absolute atomic E-state index is 12.0. The van der Waals surface area contributed by atoms with Gasteiger partial charge in [-0.2, -0.15) is 9.67 Å². The molecule has 9 nitrogen and oxygen atoms in total. The number of amides is 1. The van der Waals surface area contributed by atoms with Crippen molar-refractivity contribution in [2.75, 3.05) is 18.0 Å². The normalized spacial score (nSPS) is 16.2. The molecule has 0 bridgehead atoms. The van der Waals surface area contributed by atoms with Gasteiger partial charge in [-0.15, -0.1) is 18.3 Å². The van der Waals surface area contributed by atoms with E-state index in [1.807, 2.05) is 13.0 Å². The summed E-state index contributed by atoms with van der Waals surface area (Å²) in [7, 11) is 0. The molecule has 3 heterocycles. The molecule has 3 aromatic rings. The molecule has 1 aromatic carbocycles. The largest absolute Gasteiger partial charge is 0.573 e. The standard InChI is InChI=1S/C13H17N7O.C11H11F3O/c1-10(16-9-21)11-17-13(19-7-2-3-8-19)18-20(11)12-14-5-4-6-15-12;1-7-4-9(8-2-3-8)6-10(5-7)15-11(12,13)14/h4-6,9-10H,2-3,7-8H2,1H3,(H,16,21);4-6,8H,2-3H2,1H3/t10-;/m0./s1. The van der Waals surface area contributed by atoms with E-state index in [1.54, 1.807) is 30.1 Å². The van der Waals surface area contributed by atoms with Gasteiger partial charge in [0.15, 0.2) is 5.82 Å². The lowest BCUT2D eigenvalue weighted by Crippen LogP contribution is -2.21. The van der Waals surface area contributed by atoms with Crippen LogP contribution in [-0.4, -0.2) is 50.6 Å². The molecule has 0 radical (unpaired) electrons. The number of hydrogen-bond acceptors (Lipinski definition) is 7. The van der Waals surface area contributed by atoms with Crippen LogP contribution in [0, 0.1) is 6.92 Å². The number of benzene rings is 1. The van der Waals surface area contributed by atoms with Gasteiger partial charge in [-0.25, -0.2) is 9.97 Å². The Kier molecular flexibility index (Phi) is 7.70. The van der Waals surface area contributed by atoms with Crippen LogP contribution in [0.5, 0.6) is 5.75 Å². The fourth-order valence-corrected chi connectivity index (χ4v) is 3.99. The first-order valence-electron chi connectivity index (χ1n) is 11.8. The molecule has 2 aromatic heterocycles. The Bertz CT molecular complexity index is 1160. The molecule has 1 atom stereocenters. The van der Waals surface area contributed by atoms with Crippen molar-refractivity contribution in [3.05, 3.63) is 53.6 Å². The summed E-state index contributed by atoms with van der Waals surface area (Å²) in [6.45, 7) is 5.53. The number of rotatable bonds is 7.